The van der Waals surface area contributed by atoms with E-state index in [0.29, 0.717) is 6.42 Å². The van der Waals surface area contributed by atoms with E-state index in [0.717, 1.165) is 32.7 Å². The fourth-order valence-electron chi connectivity index (χ4n) is 1.93. The molecule has 5 nitrogen and oxygen atoms in total. The van der Waals surface area contributed by atoms with Crippen LogP contribution in [0, 0.1) is 11.3 Å². The predicted molar refractivity (Wildman–Crippen MR) is 66.4 cm³/mol. The molecule has 0 N–H and O–H groups in total. The molecule has 0 spiro atoms. The Balaban J connectivity index is 2.24. The summed E-state index contributed by atoms with van der Waals surface area (Å²) in [5.41, 5.74) is 0. The first kappa shape index (κ1) is 13.9. The van der Waals surface area contributed by atoms with E-state index in [-0.39, 0.29) is 11.9 Å². The number of piperazine rings is 1. The highest BCUT2D eigenvalue weighted by atomic mass is 16.2. The van der Waals surface area contributed by atoms with Gasteiger partial charge in [0.25, 0.3) is 0 Å². The van der Waals surface area contributed by atoms with Gasteiger partial charge in [0.15, 0.2) is 0 Å². The van der Waals surface area contributed by atoms with Crippen LogP contribution in [-0.2, 0) is 4.79 Å². The SMILES string of the molecule is CC(C#N)N1CCN(CCC(=O)N(C)C)CC1. The predicted octanol–water partition coefficient (Wildman–Crippen LogP) is -0.00562. The summed E-state index contributed by atoms with van der Waals surface area (Å²) in [6.07, 6.45) is 0.584. The third kappa shape index (κ3) is 4.33. The minimum absolute atomic E-state index is 0.000516. The molecule has 17 heavy (non-hydrogen) atoms. The lowest BCUT2D eigenvalue weighted by molar-refractivity contribution is -0.129. The van der Waals surface area contributed by atoms with Crippen LogP contribution in [0.15, 0.2) is 0 Å². The highest BCUT2D eigenvalue weighted by molar-refractivity contribution is 5.75. The summed E-state index contributed by atoms with van der Waals surface area (Å²) in [4.78, 5) is 17.6. The number of amides is 1. The van der Waals surface area contributed by atoms with Crippen LogP contribution in [0.3, 0.4) is 0 Å². The van der Waals surface area contributed by atoms with E-state index in [2.05, 4.69) is 15.9 Å². The fraction of sp³-hybridized carbons (Fsp3) is 0.833. The second-order valence-electron chi connectivity index (χ2n) is 4.72. The largest absolute Gasteiger partial charge is 0.349 e. The van der Waals surface area contributed by atoms with Gasteiger partial charge in [-0.1, -0.05) is 0 Å². The van der Waals surface area contributed by atoms with Crippen molar-refractivity contribution in [3.8, 4) is 6.07 Å². The Labute approximate surface area is 104 Å². The van der Waals surface area contributed by atoms with Crippen molar-refractivity contribution in [2.75, 3.05) is 46.8 Å². The van der Waals surface area contributed by atoms with Crippen molar-refractivity contribution in [1.29, 1.82) is 5.26 Å². The number of rotatable bonds is 4. The quantitative estimate of drug-likeness (QED) is 0.691. The van der Waals surface area contributed by atoms with Gasteiger partial charge in [-0.05, 0) is 6.92 Å². The van der Waals surface area contributed by atoms with Crippen molar-refractivity contribution in [1.82, 2.24) is 14.7 Å². The Hall–Kier alpha value is -1.12. The zero-order valence-electron chi connectivity index (χ0n) is 11.0. The summed E-state index contributed by atoms with van der Waals surface area (Å²) >= 11 is 0. The fourth-order valence-corrected chi connectivity index (χ4v) is 1.93. The maximum absolute atomic E-state index is 11.5. The number of carbonyl (C=O) groups is 1. The van der Waals surface area contributed by atoms with Crippen LogP contribution in [0.1, 0.15) is 13.3 Å². The van der Waals surface area contributed by atoms with E-state index < -0.39 is 0 Å². The Morgan fingerprint density at radius 2 is 1.94 bits per heavy atom. The molecule has 0 aromatic carbocycles. The highest BCUT2D eigenvalue weighted by Gasteiger charge is 2.20. The third-order valence-electron chi connectivity index (χ3n) is 3.28. The second-order valence-corrected chi connectivity index (χ2v) is 4.72. The molecule has 1 unspecified atom stereocenters. The zero-order valence-corrected chi connectivity index (χ0v) is 11.0. The van der Waals surface area contributed by atoms with Crippen molar-refractivity contribution in [2.24, 2.45) is 0 Å². The van der Waals surface area contributed by atoms with Gasteiger partial charge in [0.1, 0.15) is 0 Å². The maximum atomic E-state index is 11.5. The van der Waals surface area contributed by atoms with Gasteiger partial charge < -0.3 is 9.80 Å². The van der Waals surface area contributed by atoms with E-state index in [1.54, 1.807) is 19.0 Å². The lowest BCUT2D eigenvalue weighted by atomic mass is 10.2. The smallest absolute Gasteiger partial charge is 0.223 e. The number of hydrogen-bond acceptors (Lipinski definition) is 4. The number of carbonyl (C=O) groups excluding carboxylic acids is 1. The number of nitrogens with zero attached hydrogens (tertiary/aromatic N) is 4. The van der Waals surface area contributed by atoms with Crippen LogP contribution in [0.4, 0.5) is 0 Å². The van der Waals surface area contributed by atoms with E-state index in [1.807, 2.05) is 6.92 Å². The van der Waals surface area contributed by atoms with Gasteiger partial charge in [0.05, 0.1) is 12.1 Å². The van der Waals surface area contributed by atoms with Gasteiger partial charge in [-0.2, -0.15) is 5.26 Å². The molecule has 0 saturated carbocycles. The lowest BCUT2D eigenvalue weighted by Crippen LogP contribution is -2.49. The summed E-state index contributed by atoms with van der Waals surface area (Å²) < 4.78 is 0. The number of nitriles is 1. The molecule has 0 aliphatic carbocycles. The first-order valence-corrected chi connectivity index (χ1v) is 6.10. The molecule has 1 saturated heterocycles. The topological polar surface area (TPSA) is 50.6 Å². The first-order chi connectivity index (χ1) is 8.04. The summed E-state index contributed by atoms with van der Waals surface area (Å²) in [6.45, 7) is 6.51. The molecule has 1 atom stereocenters. The van der Waals surface area contributed by atoms with Crippen molar-refractivity contribution in [3.63, 3.8) is 0 Å². The minimum Gasteiger partial charge on any atom is -0.349 e. The van der Waals surface area contributed by atoms with Crippen LogP contribution in [0.25, 0.3) is 0 Å². The Kier molecular flexibility index (Phi) is 5.39. The first-order valence-electron chi connectivity index (χ1n) is 6.10. The molecule has 5 heteroatoms. The Bertz CT molecular complexity index is 289. The van der Waals surface area contributed by atoms with Gasteiger partial charge >= 0.3 is 0 Å². The van der Waals surface area contributed by atoms with Gasteiger partial charge in [0, 0.05) is 53.2 Å². The van der Waals surface area contributed by atoms with E-state index in [4.69, 9.17) is 5.26 Å². The highest BCUT2D eigenvalue weighted by Crippen LogP contribution is 2.06. The van der Waals surface area contributed by atoms with Gasteiger partial charge in [-0.25, -0.2) is 0 Å². The van der Waals surface area contributed by atoms with Crippen molar-refractivity contribution < 1.29 is 4.79 Å². The van der Waals surface area contributed by atoms with E-state index in [9.17, 15) is 4.79 Å². The van der Waals surface area contributed by atoms with Crippen molar-refractivity contribution in [2.45, 2.75) is 19.4 Å². The molecule has 1 fully saturated rings. The average molecular weight is 238 g/mol. The third-order valence-corrected chi connectivity index (χ3v) is 3.28. The van der Waals surface area contributed by atoms with E-state index in [1.165, 1.54) is 0 Å². The molecule has 1 aliphatic rings. The molecule has 0 radical (unpaired) electrons. The van der Waals surface area contributed by atoms with Gasteiger partial charge in [-0.15, -0.1) is 0 Å². The summed E-state index contributed by atoms with van der Waals surface area (Å²) in [5, 5.41) is 8.83. The zero-order chi connectivity index (χ0) is 12.8. The summed E-state index contributed by atoms with van der Waals surface area (Å²) in [7, 11) is 3.57. The standard InChI is InChI=1S/C12H22N4O/c1-11(10-13)16-8-6-15(7-9-16)5-4-12(17)14(2)3/h11H,4-9H2,1-3H3. The van der Waals surface area contributed by atoms with Crippen LogP contribution >= 0.6 is 0 Å². The van der Waals surface area contributed by atoms with Crippen molar-refractivity contribution in [3.05, 3.63) is 0 Å². The van der Waals surface area contributed by atoms with Crippen LogP contribution in [0.2, 0.25) is 0 Å². The molecule has 0 bridgehead atoms. The summed E-state index contributed by atoms with van der Waals surface area (Å²) in [5.74, 6) is 0.179. The van der Waals surface area contributed by atoms with Crippen LogP contribution in [-0.4, -0.2) is 73.5 Å². The maximum Gasteiger partial charge on any atom is 0.223 e. The molecule has 0 aromatic rings. The lowest BCUT2D eigenvalue weighted by Gasteiger charge is -2.35. The second kappa shape index (κ2) is 6.58. The van der Waals surface area contributed by atoms with Crippen LogP contribution < -0.4 is 0 Å². The van der Waals surface area contributed by atoms with Gasteiger partial charge in [-0.3, -0.25) is 9.69 Å². The van der Waals surface area contributed by atoms with Gasteiger partial charge in [0.2, 0.25) is 5.91 Å². The molecule has 1 heterocycles. The molecule has 0 aromatic heterocycles. The van der Waals surface area contributed by atoms with Crippen LogP contribution in [0.5, 0.6) is 0 Å². The van der Waals surface area contributed by atoms with Crippen molar-refractivity contribution >= 4 is 5.91 Å². The Morgan fingerprint density at radius 1 is 1.35 bits per heavy atom. The molecular formula is C12H22N4O. The normalized spacial score (nSPS) is 19.6. The Morgan fingerprint density at radius 3 is 2.41 bits per heavy atom. The molecule has 1 amide bonds. The molecule has 96 valence electrons. The number of hydrogen-bond donors (Lipinski definition) is 0. The minimum atomic E-state index is 0.000516. The molecule has 1 rings (SSSR count). The summed E-state index contributed by atoms with van der Waals surface area (Å²) in [6, 6.07) is 2.26. The average Bonchev–Trinajstić information content (AvgIpc) is 2.35. The molecular weight excluding hydrogens is 216 g/mol. The van der Waals surface area contributed by atoms with E-state index >= 15 is 0 Å². The monoisotopic (exact) mass is 238 g/mol. The molecule has 1 aliphatic heterocycles.